The Kier molecular flexibility index (Phi) is 10.6. The van der Waals surface area contributed by atoms with Gasteiger partial charge in [0.2, 0.25) is 11.8 Å². The molecule has 0 aromatic heterocycles. The molecule has 4 aromatic carbocycles. The molecule has 0 fully saturated rings. The number of aryl methyl sites for hydroxylation is 1. The van der Waals surface area contributed by atoms with Gasteiger partial charge in [-0.25, -0.2) is 8.42 Å². The van der Waals surface area contributed by atoms with Gasteiger partial charge in [-0.15, -0.1) is 0 Å². The van der Waals surface area contributed by atoms with E-state index in [-0.39, 0.29) is 23.0 Å². The molecule has 230 valence electrons. The van der Waals surface area contributed by atoms with E-state index in [1.807, 2.05) is 43.3 Å². The first kappa shape index (κ1) is 32.1. The number of amides is 2. The average Bonchev–Trinajstić information content (AvgIpc) is 3.04. The van der Waals surface area contributed by atoms with Crippen LogP contribution in [0.3, 0.4) is 0 Å². The standard InChI is InChI=1S/C34H37N3O6S/c1-5-32(34(39)35-3)36(23-26-10-9-13-30(22-26)42-4)33(38)24-37(44(40,41)31-20-14-25(2)15-21-31)27-16-18-29(19-17-27)43-28-11-7-6-8-12-28/h6-22,32H,5,23-24H2,1-4H3,(H,35,39). The van der Waals surface area contributed by atoms with Crippen molar-refractivity contribution in [2.45, 2.75) is 37.8 Å². The Bertz CT molecular complexity index is 1660. The van der Waals surface area contributed by atoms with Crippen LogP contribution in [-0.4, -0.2) is 51.9 Å². The van der Waals surface area contributed by atoms with Gasteiger partial charge in [0.15, 0.2) is 0 Å². The molecular formula is C34H37N3O6S. The molecule has 2 amide bonds. The van der Waals surface area contributed by atoms with Crippen molar-refractivity contribution < 1.29 is 27.5 Å². The number of sulfonamides is 1. The first-order valence-electron chi connectivity index (χ1n) is 14.2. The predicted octanol–water partition coefficient (Wildman–Crippen LogP) is 5.54. The number of para-hydroxylation sites is 1. The van der Waals surface area contributed by atoms with E-state index in [1.165, 1.54) is 24.1 Å². The highest BCUT2D eigenvalue weighted by atomic mass is 32.2. The van der Waals surface area contributed by atoms with Gasteiger partial charge < -0.3 is 19.7 Å². The lowest BCUT2D eigenvalue weighted by atomic mass is 10.1. The maximum atomic E-state index is 14.1. The minimum absolute atomic E-state index is 0.0400. The van der Waals surface area contributed by atoms with Crippen LogP contribution in [0.25, 0.3) is 0 Å². The molecule has 0 saturated heterocycles. The van der Waals surface area contributed by atoms with Crippen molar-refractivity contribution in [2.24, 2.45) is 0 Å². The highest BCUT2D eigenvalue weighted by Crippen LogP contribution is 2.29. The number of hydrogen-bond acceptors (Lipinski definition) is 6. The van der Waals surface area contributed by atoms with Gasteiger partial charge >= 0.3 is 0 Å². The maximum Gasteiger partial charge on any atom is 0.264 e. The topological polar surface area (TPSA) is 105 Å². The zero-order valence-electron chi connectivity index (χ0n) is 25.3. The third-order valence-electron chi connectivity index (χ3n) is 7.11. The molecule has 1 unspecified atom stereocenters. The average molecular weight is 616 g/mol. The minimum Gasteiger partial charge on any atom is -0.497 e. The summed E-state index contributed by atoms with van der Waals surface area (Å²) in [6.07, 6.45) is 0.325. The molecular weight excluding hydrogens is 578 g/mol. The van der Waals surface area contributed by atoms with Gasteiger partial charge in [-0.1, -0.05) is 55.0 Å². The second-order valence-corrected chi connectivity index (χ2v) is 12.0. The van der Waals surface area contributed by atoms with E-state index in [4.69, 9.17) is 9.47 Å². The molecule has 44 heavy (non-hydrogen) atoms. The first-order chi connectivity index (χ1) is 21.2. The van der Waals surface area contributed by atoms with Crippen molar-refractivity contribution in [2.75, 3.05) is 25.0 Å². The Hall–Kier alpha value is -4.83. The lowest BCUT2D eigenvalue weighted by molar-refractivity contribution is -0.140. The third-order valence-corrected chi connectivity index (χ3v) is 8.90. The number of anilines is 1. The first-order valence-corrected chi connectivity index (χ1v) is 15.7. The summed E-state index contributed by atoms with van der Waals surface area (Å²) in [5.41, 5.74) is 1.90. The van der Waals surface area contributed by atoms with Crippen molar-refractivity contribution in [3.8, 4) is 17.2 Å². The van der Waals surface area contributed by atoms with E-state index in [1.54, 1.807) is 68.6 Å². The summed E-state index contributed by atoms with van der Waals surface area (Å²) >= 11 is 0. The molecule has 0 aliphatic rings. The fraction of sp³-hybridized carbons (Fsp3) is 0.235. The Morgan fingerprint density at radius 3 is 2.09 bits per heavy atom. The summed E-state index contributed by atoms with van der Waals surface area (Å²) in [6.45, 7) is 3.21. The molecule has 0 spiro atoms. The van der Waals surface area contributed by atoms with Crippen LogP contribution in [-0.2, 0) is 26.2 Å². The lowest BCUT2D eigenvalue weighted by Crippen LogP contribution is -2.51. The fourth-order valence-electron chi connectivity index (χ4n) is 4.72. The molecule has 0 saturated carbocycles. The Morgan fingerprint density at radius 2 is 1.48 bits per heavy atom. The van der Waals surface area contributed by atoms with Crippen LogP contribution in [0.5, 0.6) is 17.2 Å². The van der Waals surface area contributed by atoms with Crippen LogP contribution in [0.4, 0.5) is 5.69 Å². The molecule has 0 aliphatic carbocycles. The van der Waals surface area contributed by atoms with E-state index in [9.17, 15) is 18.0 Å². The number of rotatable bonds is 13. The Morgan fingerprint density at radius 1 is 0.841 bits per heavy atom. The number of nitrogens with zero attached hydrogens (tertiary/aromatic N) is 2. The van der Waals surface area contributed by atoms with Crippen molar-refractivity contribution in [3.63, 3.8) is 0 Å². The van der Waals surface area contributed by atoms with Crippen molar-refractivity contribution in [3.05, 3.63) is 114 Å². The van der Waals surface area contributed by atoms with E-state index in [0.29, 0.717) is 23.7 Å². The van der Waals surface area contributed by atoms with Gasteiger partial charge in [0.1, 0.15) is 29.8 Å². The third kappa shape index (κ3) is 7.76. The minimum atomic E-state index is -4.19. The van der Waals surface area contributed by atoms with Crippen LogP contribution in [0.2, 0.25) is 0 Å². The summed E-state index contributed by atoms with van der Waals surface area (Å²) in [5, 5.41) is 2.63. The normalized spacial score (nSPS) is 11.7. The summed E-state index contributed by atoms with van der Waals surface area (Å²) in [7, 11) is -1.14. The van der Waals surface area contributed by atoms with E-state index < -0.39 is 28.5 Å². The lowest BCUT2D eigenvalue weighted by Gasteiger charge is -2.33. The van der Waals surface area contributed by atoms with Gasteiger partial charge in [-0.05, 0) is 79.6 Å². The highest BCUT2D eigenvalue weighted by molar-refractivity contribution is 7.92. The highest BCUT2D eigenvalue weighted by Gasteiger charge is 2.33. The summed E-state index contributed by atoms with van der Waals surface area (Å²) in [4.78, 5) is 28.5. The number of hydrogen-bond donors (Lipinski definition) is 1. The fourth-order valence-corrected chi connectivity index (χ4v) is 6.14. The number of methoxy groups -OCH3 is 1. The number of nitrogens with one attached hydrogen (secondary N) is 1. The monoisotopic (exact) mass is 615 g/mol. The van der Waals surface area contributed by atoms with Gasteiger partial charge in [-0.3, -0.25) is 13.9 Å². The van der Waals surface area contributed by atoms with Gasteiger partial charge in [-0.2, -0.15) is 0 Å². The van der Waals surface area contributed by atoms with E-state index >= 15 is 0 Å². The van der Waals surface area contributed by atoms with Crippen LogP contribution in [0, 0.1) is 6.92 Å². The van der Waals surface area contributed by atoms with Gasteiger partial charge in [0.25, 0.3) is 10.0 Å². The van der Waals surface area contributed by atoms with E-state index in [2.05, 4.69) is 5.32 Å². The number of benzene rings is 4. The van der Waals surface area contributed by atoms with Gasteiger partial charge in [0.05, 0.1) is 17.7 Å². The largest absolute Gasteiger partial charge is 0.497 e. The predicted molar refractivity (Wildman–Crippen MR) is 170 cm³/mol. The molecule has 0 radical (unpaired) electrons. The molecule has 0 heterocycles. The number of carbonyl (C=O) groups is 2. The van der Waals surface area contributed by atoms with Crippen molar-refractivity contribution in [1.29, 1.82) is 0 Å². The summed E-state index contributed by atoms with van der Waals surface area (Å²) in [6, 6.07) is 28.5. The maximum absolute atomic E-state index is 14.1. The summed E-state index contributed by atoms with van der Waals surface area (Å²) < 4.78 is 40.5. The van der Waals surface area contributed by atoms with E-state index in [0.717, 1.165) is 15.4 Å². The van der Waals surface area contributed by atoms with Gasteiger partial charge in [0, 0.05) is 13.6 Å². The van der Waals surface area contributed by atoms with Crippen LogP contribution in [0.1, 0.15) is 24.5 Å². The molecule has 0 bridgehead atoms. The molecule has 4 rings (SSSR count). The second kappa shape index (κ2) is 14.6. The second-order valence-electron chi connectivity index (χ2n) is 10.1. The number of ether oxygens (including phenoxy) is 2. The molecule has 1 atom stereocenters. The van der Waals surface area contributed by atoms with Crippen LogP contribution in [0.15, 0.2) is 108 Å². The quantitative estimate of drug-likeness (QED) is 0.212. The molecule has 9 nitrogen and oxygen atoms in total. The van der Waals surface area contributed by atoms with Crippen LogP contribution < -0.4 is 19.1 Å². The Labute approximate surface area is 259 Å². The van der Waals surface area contributed by atoms with Crippen LogP contribution >= 0.6 is 0 Å². The molecule has 10 heteroatoms. The SMILES string of the molecule is CCC(C(=O)NC)N(Cc1cccc(OC)c1)C(=O)CN(c1ccc(Oc2ccccc2)cc1)S(=O)(=O)c1ccc(C)cc1. The molecule has 4 aromatic rings. The molecule has 1 N–H and O–H groups in total. The summed E-state index contributed by atoms with van der Waals surface area (Å²) in [5.74, 6) is 0.851. The zero-order valence-corrected chi connectivity index (χ0v) is 26.1. The zero-order chi connectivity index (χ0) is 31.7. The van der Waals surface area contributed by atoms with Crippen molar-refractivity contribution in [1.82, 2.24) is 10.2 Å². The number of likely N-dealkylation sites (N-methyl/N-ethyl adjacent to an activating group) is 1. The Balaban J connectivity index is 1.72. The van der Waals surface area contributed by atoms with Crippen molar-refractivity contribution >= 4 is 27.5 Å². The number of carbonyl (C=O) groups excluding carboxylic acids is 2. The molecule has 0 aliphatic heterocycles. The smallest absolute Gasteiger partial charge is 0.264 e.